The molecule has 0 bridgehead atoms. The standard InChI is InChI=1S/C19H28BFN5O3P/c20-30(21)26-18(23)24-12-6-9-15(22)16(27)25-19(10-4-5-11-19)17(28)29-13-14-7-2-1-3-8-14/h1-3,7-8,15H,4-6,9-13,22H2,(H,25,27)(H3,23,24,26)/t15-/m1/s1. The Morgan fingerprint density at radius 3 is 2.60 bits per heavy atom. The number of hydrogen-bond donors (Lipinski definition) is 5. The second-order valence-electron chi connectivity index (χ2n) is 7.31. The minimum atomic E-state index is -2.39. The van der Waals surface area contributed by atoms with Crippen molar-refractivity contribution >= 4 is 32.5 Å². The van der Waals surface area contributed by atoms with Crippen LogP contribution >= 0.6 is 7.70 Å². The van der Waals surface area contributed by atoms with Crippen molar-refractivity contribution in [2.24, 2.45) is 5.73 Å². The van der Waals surface area contributed by atoms with Crippen molar-refractivity contribution in [3.63, 3.8) is 0 Å². The minimum Gasteiger partial charge on any atom is -0.459 e. The van der Waals surface area contributed by atoms with Crippen molar-refractivity contribution in [3.05, 3.63) is 35.9 Å². The molecule has 1 aromatic rings. The summed E-state index contributed by atoms with van der Waals surface area (Å²) in [6.07, 6.45) is 3.52. The zero-order chi connectivity index (χ0) is 22.0. The number of nitrogens with two attached hydrogens (primary N) is 1. The quantitative estimate of drug-likeness (QED) is 0.100. The van der Waals surface area contributed by atoms with Gasteiger partial charge in [-0.15, -0.1) is 0 Å². The van der Waals surface area contributed by atoms with Gasteiger partial charge in [0.25, 0.3) is 0 Å². The number of amides is 1. The molecule has 1 unspecified atom stereocenters. The second-order valence-corrected chi connectivity index (χ2v) is 8.16. The third-order valence-corrected chi connectivity index (χ3v) is 5.41. The van der Waals surface area contributed by atoms with Gasteiger partial charge in [0.15, 0.2) is 0 Å². The first-order valence-electron chi connectivity index (χ1n) is 9.91. The number of esters is 1. The van der Waals surface area contributed by atoms with Gasteiger partial charge < -0.3 is 4.74 Å². The van der Waals surface area contributed by atoms with Crippen LogP contribution in [-0.2, 0) is 20.9 Å². The van der Waals surface area contributed by atoms with Crippen molar-refractivity contribution < 1.29 is 18.5 Å². The Kier molecular flexibility index (Phi) is 9.39. The van der Waals surface area contributed by atoms with Crippen molar-refractivity contribution in [3.8, 4) is 0 Å². The summed E-state index contributed by atoms with van der Waals surface area (Å²) in [6.45, 7) is 0.485. The molecule has 0 heterocycles. The Balaban J connectivity index is 1.81. The van der Waals surface area contributed by atoms with E-state index in [1.54, 1.807) is 0 Å². The van der Waals surface area contributed by atoms with Crippen LogP contribution in [0.2, 0.25) is 0 Å². The molecule has 162 valence electrons. The van der Waals surface area contributed by atoms with Crippen LogP contribution in [-0.4, -0.2) is 43.0 Å². The van der Waals surface area contributed by atoms with Crippen LogP contribution in [0.5, 0.6) is 0 Å². The summed E-state index contributed by atoms with van der Waals surface area (Å²) in [5.41, 5.74) is 5.82. The molecule has 1 aliphatic rings. The molecule has 8 nitrogen and oxygen atoms in total. The Bertz CT molecular complexity index is 811. The molecule has 0 aliphatic heterocycles. The van der Waals surface area contributed by atoms with Gasteiger partial charge in [0.1, 0.15) is 6.61 Å². The zero-order valence-corrected chi connectivity index (χ0v) is 17.7. The summed E-state index contributed by atoms with van der Waals surface area (Å²) in [5.74, 6) is -1.05. The van der Waals surface area contributed by atoms with E-state index in [2.05, 4.69) is 15.7 Å². The van der Waals surface area contributed by atoms with Gasteiger partial charge in [0.2, 0.25) is 0 Å². The summed E-state index contributed by atoms with van der Waals surface area (Å²) in [6, 6.07) is 8.56. The van der Waals surface area contributed by atoms with E-state index in [0.717, 1.165) is 18.4 Å². The summed E-state index contributed by atoms with van der Waals surface area (Å²) in [5, 5.41) is 15.0. The topological polar surface area (TPSA) is 129 Å². The van der Waals surface area contributed by atoms with Crippen LogP contribution in [0.3, 0.4) is 0 Å². The first-order chi connectivity index (χ1) is 14.3. The van der Waals surface area contributed by atoms with Gasteiger partial charge >= 0.3 is 112 Å². The molecule has 0 radical (unpaired) electrons. The molecule has 1 amide bonds. The van der Waals surface area contributed by atoms with Gasteiger partial charge in [-0.05, 0) is 5.56 Å². The Morgan fingerprint density at radius 1 is 1.30 bits per heavy atom. The van der Waals surface area contributed by atoms with Gasteiger partial charge in [-0.3, -0.25) is 0 Å². The number of carbonyl (C=O) groups excluding carboxylic acids is 2. The molecule has 1 saturated carbocycles. The molecule has 2 rings (SSSR count). The van der Waals surface area contributed by atoms with E-state index in [-0.39, 0.29) is 12.6 Å². The van der Waals surface area contributed by atoms with Crippen molar-refractivity contribution in [1.29, 1.82) is 5.41 Å². The molecule has 1 fully saturated rings. The average Bonchev–Trinajstić information content (AvgIpc) is 3.19. The summed E-state index contributed by atoms with van der Waals surface area (Å²) >= 11 is 0. The number of halogens is 1. The van der Waals surface area contributed by atoms with Gasteiger partial charge in [0.05, 0.1) is 0 Å². The fourth-order valence-electron chi connectivity index (χ4n) is 3.36. The smallest absolute Gasteiger partial charge is 0.459 e. The summed E-state index contributed by atoms with van der Waals surface area (Å²) < 4.78 is 18.1. The van der Waals surface area contributed by atoms with Crippen LogP contribution in [0, 0.1) is 5.41 Å². The molecule has 11 heteroatoms. The molecule has 30 heavy (non-hydrogen) atoms. The molecule has 1 aliphatic carbocycles. The summed E-state index contributed by atoms with van der Waals surface area (Å²) in [4.78, 5) is 25.3. The molecular formula is C19H28BFN5O3P. The molecule has 2 atom stereocenters. The van der Waals surface area contributed by atoms with Crippen LogP contribution in [0.1, 0.15) is 44.1 Å². The fraction of sp³-hybridized carbons (Fsp3) is 0.526. The number of rotatable bonds is 9. The average molecular weight is 435 g/mol. The van der Waals surface area contributed by atoms with Gasteiger partial charge in [-0.2, -0.15) is 0 Å². The number of ether oxygens (including phenoxy) is 1. The first kappa shape index (κ1) is 24.0. The third kappa shape index (κ3) is 7.50. The van der Waals surface area contributed by atoms with E-state index in [1.165, 1.54) is 0 Å². The number of hydrogen-bond acceptors (Lipinski definition) is 5. The van der Waals surface area contributed by atoms with Gasteiger partial charge in [-0.1, -0.05) is 43.2 Å². The van der Waals surface area contributed by atoms with Crippen molar-refractivity contribution in [2.45, 2.75) is 56.7 Å². The molecule has 6 N–H and O–H groups in total. The normalized spacial score (nSPS) is 16.3. The van der Waals surface area contributed by atoms with Crippen molar-refractivity contribution in [2.75, 3.05) is 6.54 Å². The number of benzene rings is 1. The van der Waals surface area contributed by atoms with Crippen LogP contribution in [0.4, 0.5) is 4.20 Å². The molecule has 0 aromatic heterocycles. The van der Waals surface area contributed by atoms with E-state index in [0.29, 0.717) is 32.2 Å². The number of carbonyl (C=O) groups is 2. The van der Waals surface area contributed by atoms with E-state index in [1.807, 2.05) is 30.3 Å². The molecule has 0 spiro atoms. The monoisotopic (exact) mass is 435 g/mol. The number of guanidine groups is 1. The molecule has 1 aromatic carbocycles. The van der Waals surface area contributed by atoms with E-state index < -0.39 is 31.2 Å². The van der Waals surface area contributed by atoms with Crippen LogP contribution in [0.25, 0.3) is 0 Å². The Morgan fingerprint density at radius 2 is 1.97 bits per heavy atom. The van der Waals surface area contributed by atoms with E-state index in [9.17, 15) is 13.8 Å². The van der Waals surface area contributed by atoms with Gasteiger partial charge in [0, 0.05) is 0 Å². The summed E-state index contributed by atoms with van der Waals surface area (Å²) in [7, 11) is 2.56. The van der Waals surface area contributed by atoms with Gasteiger partial charge in [-0.25, -0.2) is 4.79 Å². The minimum absolute atomic E-state index is 0.152. The maximum absolute atomic E-state index is 12.8. The molecule has 0 saturated heterocycles. The first-order valence-corrected chi connectivity index (χ1v) is 11.2. The van der Waals surface area contributed by atoms with Crippen LogP contribution < -0.4 is 21.5 Å². The Labute approximate surface area is 177 Å². The fourth-order valence-corrected chi connectivity index (χ4v) is 3.65. The zero-order valence-electron chi connectivity index (χ0n) is 16.8. The maximum atomic E-state index is 12.8. The predicted octanol–water partition coefficient (Wildman–Crippen LogP) is 1.75. The van der Waals surface area contributed by atoms with E-state index in [4.69, 9.17) is 22.9 Å². The SMILES string of the molecule is B#P(F)NC(=N)NCCC[C@@H](N)C(=O)NC1(C(=O)OCc2ccccc2)CCCC1. The van der Waals surface area contributed by atoms with Crippen LogP contribution in [0.15, 0.2) is 30.3 Å². The van der Waals surface area contributed by atoms with E-state index >= 15 is 0 Å². The Hall–Kier alpha value is -2.32. The third-order valence-electron chi connectivity index (χ3n) is 4.97. The van der Waals surface area contributed by atoms with Crippen molar-refractivity contribution in [1.82, 2.24) is 15.7 Å². The number of nitrogens with one attached hydrogen (secondary N) is 4. The second kappa shape index (κ2) is 11.8. The predicted molar refractivity (Wildman–Crippen MR) is 115 cm³/mol. The molecular weight excluding hydrogens is 407 g/mol.